The number of ether oxygens (including phenoxy) is 1. The van der Waals surface area contributed by atoms with Gasteiger partial charge in [0.15, 0.2) is 0 Å². The predicted octanol–water partition coefficient (Wildman–Crippen LogP) is 4.58. The highest BCUT2D eigenvalue weighted by Gasteiger charge is 2.43. The number of rotatable bonds is 11. The lowest BCUT2D eigenvalue weighted by atomic mass is 10.1. The molecule has 0 atom stereocenters. The summed E-state index contributed by atoms with van der Waals surface area (Å²) in [6, 6.07) is 7.86. The van der Waals surface area contributed by atoms with Gasteiger partial charge in [0.2, 0.25) is 5.95 Å². The largest absolute Gasteiger partial charge is 0.492 e. The van der Waals surface area contributed by atoms with Crippen LogP contribution >= 0.6 is 27.3 Å². The van der Waals surface area contributed by atoms with Gasteiger partial charge in [-0.25, -0.2) is 14.8 Å². The molecule has 1 aromatic carbocycles. The van der Waals surface area contributed by atoms with Crippen molar-refractivity contribution in [3.05, 3.63) is 34.9 Å². The number of likely N-dealkylation sites (N-methyl/N-ethyl adjacent to an activating group) is 1. The minimum Gasteiger partial charge on any atom is -0.492 e. The zero-order valence-electron chi connectivity index (χ0n) is 20.9. The molecule has 192 valence electrons. The third kappa shape index (κ3) is 5.79. The quantitative estimate of drug-likeness (QED) is 0.323. The monoisotopic (exact) mass is 574 g/mol. The highest BCUT2D eigenvalue weighted by Crippen LogP contribution is 2.37. The summed E-state index contributed by atoms with van der Waals surface area (Å²) in [7, 11) is 0. The SMILES string of the molecule is CCN(CC)CCOc1ccc2sc(-c3nc(NCCN4C(=O)NC(C)(C)C4=O)ncc3Br)cc2c1. The molecule has 3 amide bonds. The fourth-order valence-corrected chi connectivity index (χ4v) is 5.57. The molecule has 36 heavy (non-hydrogen) atoms. The fourth-order valence-electron chi connectivity index (χ4n) is 3.99. The van der Waals surface area contributed by atoms with Gasteiger partial charge >= 0.3 is 6.03 Å². The summed E-state index contributed by atoms with van der Waals surface area (Å²) in [5.74, 6) is 1.04. The summed E-state index contributed by atoms with van der Waals surface area (Å²) < 4.78 is 7.91. The molecule has 0 bridgehead atoms. The van der Waals surface area contributed by atoms with Gasteiger partial charge in [-0.3, -0.25) is 9.69 Å². The minimum atomic E-state index is -0.879. The Labute approximate surface area is 223 Å². The summed E-state index contributed by atoms with van der Waals surface area (Å²) in [4.78, 5) is 38.0. The van der Waals surface area contributed by atoms with E-state index in [1.165, 1.54) is 4.90 Å². The number of anilines is 1. The molecule has 11 heteroatoms. The van der Waals surface area contributed by atoms with Crippen molar-refractivity contribution in [2.45, 2.75) is 33.2 Å². The maximum atomic E-state index is 12.4. The molecule has 2 N–H and O–H groups in total. The average Bonchev–Trinajstić information content (AvgIpc) is 3.35. The van der Waals surface area contributed by atoms with E-state index in [-0.39, 0.29) is 18.5 Å². The zero-order valence-corrected chi connectivity index (χ0v) is 23.3. The minimum absolute atomic E-state index is 0.225. The molecular weight excluding hydrogens is 544 g/mol. The topological polar surface area (TPSA) is 99.7 Å². The van der Waals surface area contributed by atoms with Crippen LogP contribution in [-0.4, -0.2) is 76.6 Å². The maximum Gasteiger partial charge on any atom is 0.325 e. The van der Waals surface area contributed by atoms with Crippen molar-refractivity contribution < 1.29 is 14.3 Å². The number of hydrogen-bond donors (Lipinski definition) is 2. The van der Waals surface area contributed by atoms with Crippen LogP contribution in [0.15, 0.2) is 34.9 Å². The lowest BCUT2D eigenvalue weighted by Gasteiger charge is -2.17. The Morgan fingerprint density at radius 1 is 1.22 bits per heavy atom. The van der Waals surface area contributed by atoms with Gasteiger partial charge in [-0.15, -0.1) is 11.3 Å². The van der Waals surface area contributed by atoms with Crippen molar-refractivity contribution in [3.63, 3.8) is 0 Å². The second kappa shape index (κ2) is 11.1. The van der Waals surface area contributed by atoms with E-state index in [1.807, 2.05) is 6.07 Å². The first-order valence-corrected chi connectivity index (χ1v) is 13.6. The van der Waals surface area contributed by atoms with Crippen LogP contribution in [0.3, 0.4) is 0 Å². The first kappa shape index (κ1) is 26.3. The van der Waals surface area contributed by atoms with E-state index in [0.29, 0.717) is 19.1 Å². The van der Waals surface area contributed by atoms with Crippen LogP contribution in [0.4, 0.5) is 10.7 Å². The molecule has 3 aromatic rings. The Morgan fingerprint density at radius 2 is 2.00 bits per heavy atom. The molecule has 1 aliphatic heterocycles. The van der Waals surface area contributed by atoms with Gasteiger partial charge in [-0.1, -0.05) is 13.8 Å². The summed E-state index contributed by atoms with van der Waals surface area (Å²) in [5, 5.41) is 6.90. The van der Waals surface area contributed by atoms with Crippen LogP contribution in [0, 0.1) is 0 Å². The molecule has 9 nitrogen and oxygen atoms in total. The number of imide groups is 1. The van der Waals surface area contributed by atoms with Crippen molar-refractivity contribution >= 4 is 55.2 Å². The van der Waals surface area contributed by atoms with Gasteiger partial charge in [0.1, 0.15) is 23.6 Å². The third-order valence-electron chi connectivity index (χ3n) is 6.10. The van der Waals surface area contributed by atoms with Gasteiger partial charge < -0.3 is 20.3 Å². The number of benzene rings is 1. The maximum absolute atomic E-state index is 12.4. The van der Waals surface area contributed by atoms with E-state index in [2.05, 4.69) is 73.5 Å². The Morgan fingerprint density at radius 3 is 2.69 bits per heavy atom. The van der Waals surface area contributed by atoms with Crippen LogP contribution in [0.2, 0.25) is 0 Å². The number of halogens is 1. The van der Waals surface area contributed by atoms with Crippen molar-refractivity contribution in [1.29, 1.82) is 0 Å². The summed E-state index contributed by atoms with van der Waals surface area (Å²) in [6.07, 6.45) is 1.70. The number of fused-ring (bicyclic) bond motifs is 1. The van der Waals surface area contributed by atoms with E-state index < -0.39 is 5.54 Å². The fraction of sp³-hybridized carbons (Fsp3) is 0.440. The number of carbonyl (C=O) groups excluding carboxylic acids is 2. The van der Waals surface area contributed by atoms with E-state index >= 15 is 0 Å². The Bertz CT molecular complexity index is 1260. The normalized spacial score (nSPS) is 15.1. The number of aromatic nitrogens is 2. The molecule has 0 radical (unpaired) electrons. The average molecular weight is 576 g/mol. The molecule has 0 unspecified atom stereocenters. The highest BCUT2D eigenvalue weighted by molar-refractivity contribution is 9.10. The first-order valence-electron chi connectivity index (χ1n) is 12.0. The molecule has 0 aliphatic carbocycles. The van der Waals surface area contributed by atoms with Crippen LogP contribution in [0.25, 0.3) is 20.7 Å². The predicted molar refractivity (Wildman–Crippen MR) is 147 cm³/mol. The molecule has 1 aliphatic rings. The number of thiophene rings is 1. The van der Waals surface area contributed by atoms with E-state index in [1.54, 1.807) is 31.4 Å². The highest BCUT2D eigenvalue weighted by atomic mass is 79.9. The van der Waals surface area contributed by atoms with Crippen molar-refractivity contribution in [3.8, 4) is 16.3 Å². The Kier molecular flexibility index (Phi) is 8.11. The zero-order chi connectivity index (χ0) is 25.9. The summed E-state index contributed by atoms with van der Waals surface area (Å²) >= 11 is 5.21. The van der Waals surface area contributed by atoms with E-state index in [4.69, 9.17) is 4.74 Å². The van der Waals surface area contributed by atoms with Crippen molar-refractivity contribution in [2.24, 2.45) is 0 Å². The van der Waals surface area contributed by atoms with Crippen molar-refractivity contribution in [2.75, 3.05) is 44.6 Å². The van der Waals surface area contributed by atoms with E-state index in [9.17, 15) is 9.59 Å². The van der Waals surface area contributed by atoms with Crippen LogP contribution in [-0.2, 0) is 4.79 Å². The molecule has 1 saturated heterocycles. The van der Waals surface area contributed by atoms with Gasteiger partial charge in [-0.2, -0.15) is 0 Å². The number of hydrogen-bond acceptors (Lipinski definition) is 8. The number of carbonyl (C=O) groups is 2. The second-order valence-electron chi connectivity index (χ2n) is 9.01. The molecule has 2 aromatic heterocycles. The first-order chi connectivity index (χ1) is 17.2. The number of nitrogens with zero attached hydrogens (tertiary/aromatic N) is 4. The molecule has 3 heterocycles. The van der Waals surface area contributed by atoms with Crippen LogP contribution in [0.1, 0.15) is 27.7 Å². The molecule has 1 fully saturated rings. The van der Waals surface area contributed by atoms with Crippen molar-refractivity contribution in [1.82, 2.24) is 25.1 Å². The molecule has 0 saturated carbocycles. The third-order valence-corrected chi connectivity index (χ3v) is 7.80. The smallest absolute Gasteiger partial charge is 0.325 e. The summed E-state index contributed by atoms with van der Waals surface area (Å²) in [5.41, 5.74) is -0.107. The second-order valence-corrected chi connectivity index (χ2v) is 11.0. The Hall–Kier alpha value is -2.76. The van der Waals surface area contributed by atoms with Crippen LogP contribution in [0.5, 0.6) is 5.75 Å². The molecule has 4 rings (SSSR count). The van der Waals surface area contributed by atoms with Gasteiger partial charge in [0, 0.05) is 30.5 Å². The Balaban J connectivity index is 1.42. The number of urea groups is 1. The van der Waals surface area contributed by atoms with Gasteiger partial charge in [0.05, 0.1) is 9.35 Å². The van der Waals surface area contributed by atoms with Gasteiger partial charge in [0.25, 0.3) is 5.91 Å². The number of amides is 3. The lowest BCUT2D eigenvalue weighted by molar-refractivity contribution is -0.130. The van der Waals surface area contributed by atoms with Crippen LogP contribution < -0.4 is 15.4 Å². The van der Waals surface area contributed by atoms with Gasteiger partial charge in [-0.05, 0) is 72.5 Å². The number of nitrogens with one attached hydrogen (secondary N) is 2. The lowest BCUT2D eigenvalue weighted by Crippen LogP contribution is -2.40. The molecular formula is C25H31BrN6O3S. The van der Waals surface area contributed by atoms with E-state index in [0.717, 1.165) is 50.5 Å². The summed E-state index contributed by atoms with van der Waals surface area (Å²) in [6.45, 7) is 11.8. The standard InChI is InChI=1S/C25H31BrN6O3S/c1-5-31(6-2)11-12-35-17-7-8-19-16(13-17)14-20(36-19)21-18(26)15-28-23(29-21)27-9-10-32-22(33)25(3,4)30-24(32)34/h7-8,13-15H,5-6,9-12H2,1-4H3,(H,30,34)(H,27,28,29). The molecule has 0 spiro atoms.